The van der Waals surface area contributed by atoms with Crippen molar-refractivity contribution in [2.75, 3.05) is 22.4 Å². The third-order valence-corrected chi connectivity index (χ3v) is 4.81. The molecule has 130 valence electrons. The number of carbonyl (C=O) groups excluding carboxylic acids is 1. The lowest BCUT2D eigenvalue weighted by Crippen LogP contribution is -2.37. The van der Waals surface area contributed by atoms with Gasteiger partial charge >= 0.3 is 0 Å². The highest BCUT2D eigenvalue weighted by molar-refractivity contribution is 7.92. The van der Waals surface area contributed by atoms with Gasteiger partial charge in [0.05, 0.1) is 23.0 Å². The molecule has 1 amide bonds. The van der Waals surface area contributed by atoms with E-state index in [0.717, 1.165) is 16.1 Å². The summed E-state index contributed by atoms with van der Waals surface area (Å²) in [6.07, 6.45) is 1.03. The summed E-state index contributed by atoms with van der Waals surface area (Å²) in [6.45, 7) is -0.393. The number of nitrogens with zero attached hydrogens (tertiary/aromatic N) is 2. The number of hydrogen-bond donors (Lipinski definition) is 2. The zero-order valence-corrected chi connectivity index (χ0v) is 14.8. The molecule has 0 saturated heterocycles. The van der Waals surface area contributed by atoms with Crippen LogP contribution in [-0.2, 0) is 14.8 Å². The Labute approximate surface area is 149 Å². The second kappa shape index (κ2) is 6.73. The molecule has 1 aromatic heterocycles. The van der Waals surface area contributed by atoms with Gasteiger partial charge in [0.25, 0.3) is 0 Å². The van der Waals surface area contributed by atoms with E-state index in [-0.39, 0.29) is 5.95 Å². The minimum absolute atomic E-state index is 0.255. The number of carbonyl (C=O) groups is 1. The van der Waals surface area contributed by atoms with Gasteiger partial charge in [0.2, 0.25) is 21.9 Å². The lowest BCUT2D eigenvalue weighted by Gasteiger charge is -2.21. The number of H-pyrrole nitrogens is 1. The molecule has 0 aliphatic rings. The number of aromatic nitrogens is 2. The van der Waals surface area contributed by atoms with Gasteiger partial charge in [-0.3, -0.25) is 14.4 Å². The number of sulfonamides is 1. The normalized spacial score (nSPS) is 11.4. The number of para-hydroxylation sites is 2. The van der Waals surface area contributed by atoms with E-state index < -0.39 is 22.5 Å². The van der Waals surface area contributed by atoms with Crippen molar-refractivity contribution >= 4 is 50.2 Å². The average Bonchev–Trinajstić information content (AvgIpc) is 2.93. The molecule has 0 aliphatic carbocycles. The third-order valence-electron chi connectivity index (χ3n) is 3.43. The van der Waals surface area contributed by atoms with E-state index in [9.17, 15) is 13.2 Å². The molecule has 0 spiro atoms. The monoisotopic (exact) mass is 378 g/mol. The molecule has 9 heteroatoms. The van der Waals surface area contributed by atoms with Crippen molar-refractivity contribution in [2.45, 2.75) is 0 Å². The molecule has 0 aliphatic heterocycles. The predicted molar refractivity (Wildman–Crippen MR) is 98.4 cm³/mol. The van der Waals surface area contributed by atoms with Crippen LogP contribution in [0.1, 0.15) is 0 Å². The number of rotatable bonds is 5. The van der Waals surface area contributed by atoms with Gasteiger partial charge in [0.15, 0.2) is 0 Å². The molecule has 0 fully saturated rings. The highest BCUT2D eigenvalue weighted by atomic mass is 35.5. The van der Waals surface area contributed by atoms with Gasteiger partial charge in [-0.15, -0.1) is 0 Å². The molecular weight excluding hydrogens is 364 g/mol. The predicted octanol–water partition coefficient (Wildman–Crippen LogP) is 2.62. The van der Waals surface area contributed by atoms with Crippen LogP contribution in [0.4, 0.5) is 11.6 Å². The fourth-order valence-corrected chi connectivity index (χ4v) is 3.38. The first-order valence-corrected chi connectivity index (χ1v) is 9.53. The summed E-state index contributed by atoms with van der Waals surface area (Å²) in [6, 6.07) is 13.6. The Morgan fingerprint density at radius 3 is 2.68 bits per heavy atom. The molecule has 0 bridgehead atoms. The number of imidazole rings is 1. The number of nitrogens with one attached hydrogen (secondary N) is 2. The molecule has 2 aromatic carbocycles. The van der Waals surface area contributed by atoms with Crippen LogP contribution in [-0.4, -0.2) is 37.1 Å². The van der Waals surface area contributed by atoms with Crippen molar-refractivity contribution in [3.05, 3.63) is 53.6 Å². The minimum Gasteiger partial charge on any atom is -0.324 e. The second-order valence-electron chi connectivity index (χ2n) is 5.40. The van der Waals surface area contributed by atoms with E-state index in [2.05, 4.69) is 15.3 Å². The Kier molecular flexibility index (Phi) is 4.65. The van der Waals surface area contributed by atoms with Crippen LogP contribution in [0.25, 0.3) is 11.0 Å². The van der Waals surface area contributed by atoms with Crippen molar-refractivity contribution in [3.63, 3.8) is 0 Å². The smallest absolute Gasteiger partial charge is 0.247 e. The van der Waals surface area contributed by atoms with Gasteiger partial charge in [0, 0.05) is 5.02 Å². The summed E-state index contributed by atoms with van der Waals surface area (Å²) in [5.74, 6) is -0.268. The summed E-state index contributed by atoms with van der Waals surface area (Å²) in [5, 5.41) is 2.95. The Hall–Kier alpha value is -2.58. The molecule has 25 heavy (non-hydrogen) atoms. The largest absolute Gasteiger partial charge is 0.324 e. The van der Waals surface area contributed by atoms with Crippen LogP contribution in [0.3, 0.4) is 0 Å². The standard InChI is InChI=1S/C16H15ClN4O3S/c1-25(23,24)21(12-6-4-5-11(17)9-12)10-15(22)20-16-18-13-7-2-3-8-14(13)19-16/h2-9H,10H2,1H3,(H2,18,19,20,22). The van der Waals surface area contributed by atoms with Crippen LogP contribution in [0.5, 0.6) is 0 Å². The third kappa shape index (κ3) is 4.09. The average molecular weight is 379 g/mol. The Balaban J connectivity index is 1.80. The molecule has 7 nitrogen and oxygen atoms in total. The van der Waals surface area contributed by atoms with E-state index in [4.69, 9.17) is 11.6 Å². The minimum atomic E-state index is -3.66. The number of benzene rings is 2. The Bertz CT molecular complexity index is 1000. The first kappa shape index (κ1) is 17.2. The number of fused-ring (bicyclic) bond motifs is 1. The van der Waals surface area contributed by atoms with Crippen molar-refractivity contribution in [2.24, 2.45) is 0 Å². The maximum absolute atomic E-state index is 12.3. The molecule has 0 unspecified atom stereocenters. The molecule has 3 rings (SSSR count). The molecule has 1 heterocycles. The zero-order valence-electron chi connectivity index (χ0n) is 13.2. The van der Waals surface area contributed by atoms with E-state index in [1.54, 1.807) is 24.3 Å². The first-order valence-electron chi connectivity index (χ1n) is 7.31. The molecule has 3 aromatic rings. The van der Waals surface area contributed by atoms with Crippen molar-refractivity contribution in [1.29, 1.82) is 0 Å². The molecule has 0 radical (unpaired) electrons. The van der Waals surface area contributed by atoms with Gasteiger partial charge in [-0.05, 0) is 30.3 Å². The van der Waals surface area contributed by atoms with Crippen molar-refractivity contribution < 1.29 is 13.2 Å². The zero-order chi connectivity index (χ0) is 18.0. The van der Waals surface area contributed by atoms with E-state index in [1.165, 1.54) is 6.07 Å². The molecule has 2 N–H and O–H groups in total. The van der Waals surface area contributed by atoms with Crippen molar-refractivity contribution in [3.8, 4) is 0 Å². The highest BCUT2D eigenvalue weighted by Crippen LogP contribution is 2.22. The highest BCUT2D eigenvalue weighted by Gasteiger charge is 2.21. The molecule has 0 atom stereocenters. The van der Waals surface area contributed by atoms with Crippen LogP contribution >= 0.6 is 11.6 Å². The number of amides is 1. The maximum atomic E-state index is 12.3. The summed E-state index contributed by atoms with van der Waals surface area (Å²) >= 11 is 5.91. The Morgan fingerprint density at radius 1 is 1.24 bits per heavy atom. The number of halogens is 1. The quantitative estimate of drug-likeness (QED) is 0.713. The summed E-state index contributed by atoms with van der Waals surface area (Å²) in [7, 11) is -3.66. The summed E-state index contributed by atoms with van der Waals surface area (Å²) < 4.78 is 25.1. The number of hydrogen-bond acceptors (Lipinski definition) is 4. The van der Waals surface area contributed by atoms with Crippen LogP contribution < -0.4 is 9.62 Å². The number of aromatic amines is 1. The lowest BCUT2D eigenvalue weighted by atomic mass is 10.3. The fourth-order valence-electron chi connectivity index (χ4n) is 2.35. The van der Waals surface area contributed by atoms with Gasteiger partial charge in [-0.2, -0.15) is 0 Å². The fraction of sp³-hybridized carbons (Fsp3) is 0.125. The molecule has 0 saturated carbocycles. The number of anilines is 2. The maximum Gasteiger partial charge on any atom is 0.247 e. The summed E-state index contributed by atoms with van der Waals surface area (Å²) in [4.78, 5) is 19.5. The van der Waals surface area contributed by atoms with Gasteiger partial charge in [0.1, 0.15) is 6.54 Å². The summed E-state index contributed by atoms with van der Waals surface area (Å²) in [5.41, 5.74) is 1.79. The lowest BCUT2D eigenvalue weighted by molar-refractivity contribution is -0.114. The van der Waals surface area contributed by atoms with Gasteiger partial charge in [-0.1, -0.05) is 29.8 Å². The topological polar surface area (TPSA) is 95.2 Å². The SMILES string of the molecule is CS(=O)(=O)N(CC(=O)Nc1nc2ccccc2[nH]1)c1cccc(Cl)c1. The van der Waals surface area contributed by atoms with E-state index in [0.29, 0.717) is 16.2 Å². The van der Waals surface area contributed by atoms with Crippen molar-refractivity contribution in [1.82, 2.24) is 9.97 Å². The van der Waals surface area contributed by atoms with Crippen LogP contribution in [0.2, 0.25) is 5.02 Å². The van der Waals surface area contributed by atoms with E-state index in [1.807, 2.05) is 18.2 Å². The van der Waals surface area contributed by atoms with E-state index >= 15 is 0 Å². The first-order chi connectivity index (χ1) is 11.8. The van der Waals surface area contributed by atoms with Gasteiger partial charge < -0.3 is 4.98 Å². The Morgan fingerprint density at radius 2 is 2.00 bits per heavy atom. The van der Waals surface area contributed by atoms with Gasteiger partial charge in [-0.25, -0.2) is 13.4 Å². The van der Waals surface area contributed by atoms with Crippen LogP contribution in [0.15, 0.2) is 48.5 Å². The molecular formula is C16H15ClN4O3S. The van der Waals surface area contributed by atoms with Crippen LogP contribution in [0, 0.1) is 0 Å². The second-order valence-corrected chi connectivity index (χ2v) is 7.74.